The van der Waals surface area contributed by atoms with Gasteiger partial charge in [-0.05, 0) is 30.9 Å². The number of nitrogens with one attached hydrogen (secondary N) is 2. The summed E-state index contributed by atoms with van der Waals surface area (Å²) >= 11 is 0. The van der Waals surface area contributed by atoms with Crippen LogP contribution in [0.3, 0.4) is 0 Å². The Hall–Kier alpha value is -1.97. The van der Waals surface area contributed by atoms with Gasteiger partial charge in [0.2, 0.25) is 0 Å². The molecule has 1 saturated carbocycles. The van der Waals surface area contributed by atoms with E-state index in [0.717, 1.165) is 19.3 Å². The Labute approximate surface area is 112 Å². The van der Waals surface area contributed by atoms with Crippen LogP contribution in [0.25, 0.3) is 10.9 Å². The second kappa shape index (κ2) is 4.96. The number of rotatable bonds is 4. The molecule has 1 aliphatic rings. The predicted octanol–water partition coefficient (Wildman–Crippen LogP) is 2.18. The van der Waals surface area contributed by atoms with Gasteiger partial charge in [-0.2, -0.15) is 0 Å². The maximum Gasteiger partial charge on any atom is 0.315 e. The van der Waals surface area contributed by atoms with E-state index in [4.69, 9.17) is 0 Å². The third kappa shape index (κ3) is 2.72. The molecule has 1 heterocycles. The molecule has 2 N–H and O–H groups in total. The maximum absolute atomic E-state index is 11.5. The molecular weight excluding hydrogens is 238 g/mol. The minimum absolute atomic E-state index is 0.0391. The Balaban J connectivity index is 1.60. The van der Waals surface area contributed by atoms with Crippen LogP contribution in [0.4, 0.5) is 4.79 Å². The first-order valence-corrected chi connectivity index (χ1v) is 6.81. The molecule has 100 valence electrons. The van der Waals surface area contributed by atoms with Crippen molar-refractivity contribution >= 4 is 16.9 Å². The number of aryl methyl sites for hydroxylation is 1. The average molecular weight is 257 g/mol. The summed E-state index contributed by atoms with van der Waals surface area (Å²) in [4.78, 5) is 11.5. The molecule has 4 nitrogen and oxygen atoms in total. The van der Waals surface area contributed by atoms with Gasteiger partial charge in [0, 0.05) is 36.7 Å². The number of amides is 2. The quantitative estimate of drug-likeness (QED) is 0.866. The van der Waals surface area contributed by atoms with Gasteiger partial charge in [0.25, 0.3) is 0 Å². The van der Waals surface area contributed by atoms with Crippen molar-refractivity contribution < 1.29 is 4.79 Å². The lowest BCUT2D eigenvalue weighted by Gasteiger charge is -2.05. The number of nitrogens with zero attached hydrogens (tertiary/aromatic N) is 1. The molecule has 0 aliphatic heterocycles. The lowest BCUT2D eigenvalue weighted by atomic mass is 10.1. The van der Waals surface area contributed by atoms with Crippen molar-refractivity contribution in [3.8, 4) is 0 Å². The normalized spacial score (nSPS) is 14.6. The second-order valence-corrected chi connectivity index (χ2v) is 5.21. The van der Waals surface area contributed by atoms with Gasteiger partial charge in [0.15, 0.2) is 0 Å². The third-order valence-electron chi connectivity index (χ3n) is 3.57. The molecular formula is C15H19N3O. The highest BCUT2D eigenvalue weighted by Crippen LogP contribution is 2.20. The largest absolute Gasteiger partial charge is 0.350 e. The number of para-hydroxylation sites is 1. The molecule has 2 aromatic rings. The molecule has 1 aromatic carbocycles. The number of carbonyl (C=O) groups is 1. The molecule has 1 aliphatic carbocycles. The summed E-state index contributed by atoms with van der Waals surface area (Å²) in [5.74, 6) is 0. The molecule has 2 amide bonds. The number of benzene rings is 1. The van der Waals surface area contributed by atoms with E-state index in [1.807, 2.05) is 6.07 Å². The maximum atomic E-state index is 11.5. The van der Waals surface area contributed by atoms with Crippen molar-refractivity contribution in [2.24, 2.45) is 7.05 Å². The van der Waals surface area contributed by atoms with Crippen LogP contribution in [-0.2, 0) is 13.5 Å². The van der Waals surface area contributed by atoms with E-state index < -0.39 is 0 Å². The predicted molar refractivity (Wildman–Crippen MR) is 76.2 cm³/mol. The van der Waals surface area contributed by atoms with Crippen LogP contribution in [0.1, 0.15) is 18.4 Å². The highest BCUT2D eigenvalue weighted by molar-refractivity contribution is 5.84. The SMILES string of the molecule is Cn1cc(CCNC(=O)NC2CC2)c2ccccc21. The van der Waals surface area contributed by atoms with E-state index in [9.17, 15) is 4.79 Å². The van der Waals surface area contributed by atoms with Crippen LogP contribution >= 0.6 is 0 Å². The number of hydrogen-bond acceptors (Lipinski definition) is 1. The molecule has 0 bridgehead atoms. The number of hydrogen-bond donors (Lipinski definition) is 2. The third-order valence-corrected chi connectivity index (χ3v) is 3.57. The van der Waals surface area contributed by atoms with Crippen LogP contribution in [0.15, 0.2) is 30.5 Å². The molecule has 3 rings (SSSR count). The van der Waals surface area contributed by atoms with Crippen molar-refractivity contribution in [3.63, 3.8) is 0 Å². The van der Waals surface area contributed by atoms with Crippen LogP contribution in [-0.4, -0.2) is 23.2 Å². The summed E-state index contributed by atoms with van der Waals surface area (Å²) in [6, 6.07) is 8.73. The van der Waals surface area contributed by atoms with Gasteiger partial charge >= 0.3 is 6.03 Å². The Bertz CT molecular complexity index is 598. The Morgan fingerprint density at radius 3 is 2.95 bits per heavy atom. The fraction of sp³-hybridized carbons (Fsp3) is 0.400. The lowest BCUT2D eigenvalue weighted by Crippen LogP contribution is -2.37. The zero-order valence-electron chi connectivity index (χ0n) is 11.1. The molecule has 0 atom stereocenters. The van der Waals surface area contributed by atoms with Gasteiger partial charge in [-0.1, -0.05) is 18.2 Å². The van der Waals surface area contributed by atoms with Crippen molar-refractivity contribution in [1.82, 2.24) is 15.2 Å². The van der Waals surface area contributed by atoms with Gasteiger partial charge in [-0.25, -0.2) is 4.79 Å². The summed E-state index contributed by atoms with van der Waals surface area (Å²) < 4.78 is 2.13. The van der Waals surface area contributed by atoms with Crippen LogP contribution in [0.5, 0.6) is 0 Å². The number of carbonyl (C=O) groups excluding carboxylic acids is 1. The molecule has 0 saturated heterocycles. The standard InChI is InChI=1S/C15H19N3O/c1-18-10-11(13-4-2-3-5-14(13)18)8-9-16-15(19)17-12-6-7-12/h2-5,10,12H,6-9H2,1H3,(H2,16,17,19). The number of urea groups is 1. The summed E-state index contributed by atoms with van der Waals surface area (Å²) in [7, 11) is 2.05. The second-order valence-electron chi connectivity index (χ2n) is 5.21. The molecule has 19 heavy (non-hydrogen) atoms. The average Bonchev–Trinajstić information content (AvgIpc) is 3.15. The van der Waals surface area contributed by atoms with Crippen molar-refractivity contribution in [2.45, 2.75) is 25.3 Å². The van der Waals surface area contributed by atoms with E-state index in [1.54, 1.807) is 0 Å². The fourth-order valence-corrected chi connectivity index (χ4v) is 2.40. The van der Waals surface area contributed by atoms with E-state index in [0.29, 0.717) is 12.6 Å². The first-order chi connectivity index (χ1) is 9.24. The molecule has 0 radical (unpaired) electrons. The van der Waals surface area contributed by atoms with Gasteiger partial charge < -0.3 is 15.2 Å². The Kier molecular flexibility index (Phi) is 3.15. The monoisotopic (exact) mass is 257 g/mol. The van der Waals surface area contributed by atoms with Gasteiger partial charge in [-0.15, -0.1) is 0 Å². The molecule has 0 spiro atoms. The molecule has 0 unspecified atom stereocenters. The zero-order chi connectivity index (χ0) is 13.2. The van der Waals surface area contributed by atoms with Gasteiger partial charge in [0.1, 0.15) is 0 Å². The van der Waals surface area contributed by atoms with Gasteiger partial charge in [0.05, 0.1) is 0 Å². The topological polar surface area (TPSA) is 46.1 Å². The van der Waals surface area contributed by atoms with Crippen molar-refractivity contribution in [1.29, 1.82) is 0 Å². The zero-order valence-corrected chi connectivity index (χ0v) is 11.1. The van der Waals surface area contributed by atoms with Crippen LogP contribution < -0.4 is 10.6 Å². The van der Waals surface area contributed by atoms with Crippen molar-refractivity contribution in [3.05, 3.63) is 36.0 Å². The van der Waals surface area contributed by atoms with Crippen molar-refractivity contribution in [2.75, 3.05) is 6.54 Å². The first kappa shape index (κ1) is 12.1. The van der Waals surface area contributed by atoms with E-state index >= 15 is 0 Å². The molecule has 4 heteroatoms. The van der Waals surface area contributed by atoms with E-state index in [-0.39, 0.29) is 6.03 Å². The number of aromatic nitrogens is 1. The van der Waals surface area contributed by atoms with Crippen LogP contribution in [0.2, 0.25) is 0 Å². The summed E-state index contributed by atoms with van der Waals surface area (Å²) in [5.41, 5.74) is 2.52. The van der Waals surface area contributed by atoms with Crippen LogP contribution in [0, 0.1) is 0 Å². The van der Waals surface area contributed by atoms with E-state index in [1.165, 1.54) is 16.5 Å². The summed E-state index contributed by atoms with van der Waals surface area (Å²) in [5, 5.41) is 7.12. The van der Waals surface area contributed by atoms with E-state index in [2.05, 4.69) is 46.6 Å². The van der Waals surface area contributed by atoms with Gasteiger partial charge in [-0.3, -0.25) is 0 Å². The minimum Gasteiger partial charge on any atom is -0.350 e. The fourth-order valence-electron chi connectivity index (χ4n) is 2.40. The Morgan fingerprint density at radius 2 is 2.16 bits per heavy atom. The molecule has 1 aromatic heterocycles. The minimum atomic E-state index is -0.0391. The highest BCUT2D eigenvalue weighted by Gasteiger charge is 2.22. The summed E-state index contributed by atoms with van der Waals surface area (Å²) in [6.45, 7) is 0.673. The lowest BCUT2D eigenvalue weighted by molar-refractivity contribution is 0.240. The first-order valence-electron chi connectivity index (χ1n) is 6.81. The summed E-state index contributed by atoms with van der Waals surface area (Å²) in [6.07, 6.45) is 5.25. The number of fused-ring (bicyclic) bond motifs is 1. The Morgan fingerprint density at radius 1 is 1.37 bits per heavy atom. The molecule has 1 fully saturated rings. The highest BCUT2D eigenvalue weighted by atomic mass is 16.2. The smallest absolute Gasteiger partial charge is 0.315 e.